The second-order valence-electron chi connectivity index (χ2n) is 6.81. The number of hydrogen-bond donors (Lipinski definition) is 0. The van der Waals surface area contributed by atoms with Gasteiger partial charge < -0.3 is 9.47 Å². The standard InChI is InChI=1S/C16H26O4/c1-5-19-13(17)10-20-14(18)12-7-6-8-16(9-12)11(2)15(16,3)4/h11-12H,5-10H2,1-4H3. The van der Waals surface area contributed by atoms with E-state index in [9.17, 15) is 9.59 Å². The van der Waals surface area contributed by atoms with Gasteiger partial charge in [-0.25, -0.2) is 4.79 Å². The van der Waals surface area contributed by atoms with Crippen LogP contribution in [0.5, 0.6) is 0 Å². The van der Waals surface area contributed by atoms with E-state index in [0.717, 1.165) is 19.3 Å². The molecule has 3 atom stereocenters. The monoisotopic (exact) mass is 282 g/mol. The summed E-state index contributed by atoms with van der Waals surface area (Å²) < 4.78 is 9.87. The minimum atomic E-state index is -0.466. The molecule has 1 spiro atoms. The van der Waals surface area contributed by atoms with E-state index in [1.54, 1.807) is 6.92 Å². The summed E-state index contributed by atoms with van der Waals surface area (Å²) in [6.07, 6.45) is 4.07. The van der Waals surface area contributed by atoms with E-state index >= 15 is 0 Å². The summed E-state index contributed by atoms with van der Waals surface area (Å²) in [5.74, 6) is -0.0865. The largest absolute Gasteiger partial charge is 0.463 e. The van der Waals surface area contributed by atoms with Gasteiger partial charge in [0.1, 0.15) is 0 Å². The van der Waals surface area contributed by atoms with Crippen LogP contribution in [0.2, 0.25) is 0 Å². The molecule has 0 aromatic rings. The summed E-state index contributed by atoms with van der Waals surface area (Å²) in [4.78, 5) is 23.3. The lowest BCUT2D eigenvalue weighted by Crippen LogP contribution is -2.29. The fraction of sp³-hybridized carbons (Fsp3) is 0.875. The zero-order valence-corrected chi connectivity index (χ0v) is 13.0. The van der Waals surface area contributed by atoms with Crippen LogP contribution in [0.4, 0.5) is 0 Å². The van der Waals surface area contributed by atoms with E-state index < -0.39 is 5.97 Å². The molecule has 0 aliphatic heterocycles. The van der Waals surface area contributed by atoms with Crippen LogP contribution in [0.3, 0.4) is 0 Å². The SMILES string of the molecule is CCOC(=O)COC(=O)C1CCCC2(C1)C(C)C2(C)C. The second-order valence-corrected chi connectivity index (χ2v) is 6.81. The Kier molecular flexibility index (Phi) is 4.12. The van der Waals surface area contributed by atoms with Gasteiger partial charge in [-0.05, 0) is 42.9 Å². The number of carbonyl (C=O) groups excluding carboxylic acids is 2. The van der Waals surface area contributed by atoms with Crippen LogP contribution in [-0.4, -0.2) is 25.2 Å². The van der Waals surface area contributed by atoms with Crippen molar-refractivity contribution in [1.82, 2.24) is 0 Å². The predicted octanol–water partition coefficient (Wildman–Crippen LogP) is 2.95. The Bertz CT molecular complexity index is 401. The number of ether oxygens (including phenoxy) is 2. The summed E-state index contributed by atoms with van der Waals surface area (Å²) >= 11 is 0. The third kappa shape index (κ3) is 2.45. The van der Waals surface area contributed by atoms with Crippen LogP contribution in [0.15, 0.2) is 0 Å². The second kappa shape index (κ2) is 5.38. The normalized spacial score (nSPS) is 34.6. The molecule has 4 nitrogen and oxygen atoms in total. The van der Waals surface area contributed by atoms with Crippen molar-refractivity contribution in [2.45, 2.75) is 53.4 Å². The molecule has 0 amide bonds. The van der Waals surface area contributed by atoms with Crippen LogP contribution < -0.4 is 0 Å². The Balaban J connectivity index is 1.87. The summed E-state index contributed by atoms with van der Waals surface area (Å²) in [6, 6.07) is 0. The van der Waals surface area contributed by atoms with Crippen LogP contribution >= 0.6 is 0 Å². The number of rotatable bonds is 4. The van der Waals surface area contributed by atoms with Crippen molar-refractivity contribution in [3.05, 3.63) is 0 Å². The molecule has 2 aliphatic rings. The minimum Gasteiger partial charge on any atom is -0.463 e. The molecule has 2 saturated carbocycles. The van der Waals surface area contributed by atoms with E-state index in [1.165, 1.54) is 6.42 Å². The van der Waals surface area contributed by atoms with Gasteiger partial charge >= 0.3 is 11.9 Å². The van der Waals surface area contributed by atoms with Crippen LogP contribution in [0.1, 0.15) is 53.4 Å². The van der Waals surface area contributed by atoms with Crippen molar-refractivity contribution in [3.63, 3.8) is 0 Å². The van der Waals surface area contributed by atoms with Gasteiger partial charge in [-0.2, -0.15) is 0 Å². The van der Waals surface area contributed by atoms with Gasteiger partial charge in [0.05, 0.1) is 12.5 Å². The van der Waals surface area contributed by atoms with Crippen molar-refractivity contribution in [2.75, 3.05) is 13.2 Å². The molecule has 4 heteroatoms. The smallest absolute Gasteiger partial charge is 0.344 e. The number of esters is 2. The third-order valence-corrected chi connectivity index (χ3v) is 5.87. The van der Waals surface area contributed by atoms with Gasteiger partial charge in [-0.15, -0.1) is 0 Å². The van der Waals surface area contributed by atoms with Crippen molar-refractivity contribution >= 4 is 11.9 Å². The summed E-state index contributed by atoms with van der Waals surface area (Å²) in [7, 11) is 0. The first kappa shape index (κ1) is 15.3. The Morgan fingerprint density at radius 3 is 2.45 bits per heavy atom. The Labute approximate surface area is 121 Å². The maximum Gasteiger partial charge on any atom is 0.344 e. The molecule has 0 radical (unpaired) electrons. The van der Waals surface area contributed by atoms with Gasteiger partial charge in [-0.3, -0.25) is 4.79 Å². The van der Waals surface area contributed by atoms with Gasteiger partial charge in [0, 0.05) is 0 Å². The number of hydrogen-bond acceptors (Lipinski definition) is 4. The van der Waals surface area contributed by atoms with Gasteiger partial charge in [0.15, 0.2) is 6.61 Å². The fourth-order valence-corrected chi connectivity index (χ4v) is 4.17. The molecule has 0 aromatic heterocycles. The first-order chi connectivity index (χ1) is 9.35. The van der Waals surface area contributed by atoms with Crippen molar-refractivity contribution in [1.29, 1.82) is 0 Å². The highest BCUT2D eigenvalue weighted by molar-refractivity contribution is 5.78. The van der Waals surface area contributed by atoms with E-state index in [0.29, 0.717) is 23.4 Å². The highest BCUT2D eigenvalue weighted by Gasteiger charge is 2.68. The topological polar surface area (TPSA) is 52.6 Å². The Morgan fingerprint density at radius 2 is 1.90 bits per heavy atom. The lowest BCUT2D eigenvalue weighted by atomic mass is 9.75. The zero-order chi connectivity index (χ0) is 15.0. The average Bonchev–Trinajstić information content (AvgIpc) is 2.81. The molecule has 0 N–H and O–H groups in total. The van der Waals surface area contributed by atoms with Crippen molar-refractivity contribution < 1.29 is 19.1 Å². The maximum absolute atomic E-state index is 12.1. The van der Waals surface area contributed by atoms with Gasteiger partial charge in [0.2, 0.25) is 0 Å². The van der Waals surface area contributed by atoms with E-state index in [1.807, 2.05) is 0 Å². The van der Waals surface area contributed by atoms with Crippen LogP contribution in [0.25, 0.3) is 0 Å². The van der Waals surface area contributed by atoms with Crippen molar-refractivity contribution in [2.24, 2.45) is 22.7 Å². The first-order valence-electron chi connectivity index (χ1n) is 7.67. The summed E-state index contributed by atoms with van der Waals surface area (Å²) in [6.45, 7) is 8.67. The molecule has 0 saturated heterocycles. The molecule has 3 unspecified atom stereocenters. The molecule has 2 fully saturated rings. The summed E-state index contributed by atoms with van der Waals surface area (Å²) in [5.41, 5.74) is 0.631. The quantitative estimate of drug-likeness (QED) is 0.744. The lowest BCUT2D eigenvalue weighted by Gasteiger charge is -2.30. The number of carbonyl (C=O) groups is 2. The van der Waals surface area contributed by atoms with E-state index in [-0.39, 0.29) is 18.5 Å². The van der Waals surface area contributed by atoms with Gasteiger partial charge in [0.25, 0.3) is 0 Å². The Hall–Kier alpha value is -1.06. The average molecular weight is 282 g/mol. The fourth-order valence-electron chi connectivity index (χ4n) is 4.17. The van der Waals surface area contributed by atoms with E-state index in [2.05, 4.69) is 20.8 Å². The van der Waals surface area contributed by atoms with Crippen molar-refractivity contribution in [3.8, 4) is 0 Å². The van der Waals surface area contributed by atoms with Crippen LogP contribution in [-0.2, 0) is 19.1 Å². The first-order valence-corrected chi connectivity index (χ1v) is 7.67. The molecule has 2 aliphatic carbocycles. The maximum atomic E-state index is 12.1. The van der Waals surface area contributed by atoms with E-state index in [4.69, 9.17) is 9.47 Å². The third-order valence-electron chi connectivity index (χ3n) is 5.87. The highest BCUT2D eigenvalue weighted by Crippen LogP contribution is 2.75. The lowest BCUT2D eigenvalue weighted by molar-refractivity contribution is -0.162. The predicted molar refractivity (Wildman–Crippen MR) is 74.9 cm³/mol. The Morgan fingerprint density at radius 1 is 1.25 bits per heavy atom. The molecular formula is C16H26O4. The molecule has 2 rings (SSSR count). The molecular weight excluding hydrogens is 256 g/mol. The highest BCUT2D eigenvalue weighted by atomic mass is 16.6. The molecule has 114 valence electrons. The minimum absolute atomic E-state index is 0.0533. The molecule has 20 heavy (non-hydrogen) atoms. The molecule has 0 aromatic carbocycles. The van der Waals surface area contributed by atoms with Gasteiger partial charge in [-0.1, -0.05) is 27.2 Å². The van der Waals surface area contributed by atoms with Crippen LogP contribution in [0, 0.1) is 22.7 Å². The summed E-state index contributed by atoms with van der Waals surface area (Å²) in [5, 5.41) is 0. The zero-order valence-electron chi connectivity index (χ0n) is 13.0. The molecule has 0 heterocycles. The molecule has 0 bridgehead atoms.